The summed E-state index contributed by atoms with van der Waals surface area (Å²) < 4.78 is 0. The number of amides is 2. The molecule has 0 radical (unpaired) electrons. The van der Waals surface area contributed by atoms with E-state index in [0.29, 0.717) is 13.0 Å². The van der Waals surface area contributed by atoms with Crippen molar-refractivity contribution in [3.05, 3.63) is 35.4 Å². The average molecular weight is 292 g/mol. The molecule has 1 rings (SSSR count). The molecule has 3 N–H and O–H groups in total. The highest BCUT2D eigenvalue weighted by molar-refractivity contribution is 5.74. The van der Waals surface area contributed by atoms with Crippen LogP contribution < -0.4 is 10.6 Å². The number of hydrogen-bond acceptors (Lipinski definition) is 2. The maximum Gasteiger partial charge on any atom is 0.315 e. The van der Waals surface area contributed by atoms with Crippen molar-refractivity contribution < 1.29 is 9.90 Å². The third-order valence-corrected chi connectivity index (χ3v) is 3.71. The highest BCUT2D eigenvalue weighted by atomic mass is 16.3. The fraction of sp³-hybridized carbons (Fsp3) is 0.588. The van der Waals surface area contributed by atoms with Gasteiger partial charge in [-0.15, -0.1) is 0 Å². The Morgan fingerprint density at radius 3 is 2.43 bits per heavy atom. The van der Waals surface area contributed by atoms with Crippen molar-refractivity contribution in [2.24, 2.45) is 5.41 Å². The van der Waals surface area contributed by atoms with Gasteiger partial charge in [0.15, 0.2) is 0 Å². The van der Waals surface area contributed by atoms with Crippen LogP contribution in [0.15, 0.2) is 24.3 Å². The fourth-order valence-electron chi connectivity index (χ4n) is 2.14. The summed E-state index contributed by atoms with van der Waals surface area (Å²) in [6.07, 6.45) is 1.51. The predicted molar refractivity (Wildman–Crippen MR) is 86.2 cm³/mol. The zero-order valence-corrected chi connectivity index (χ0v) is 13.6. The lowest BCUT2D eigenvalue weighted by Crippen LogP contribution is -2.42. The Morgan fingerprint density at radius 2 is 1.90 bits per heavy atom. The molecule has 118 valence electrons. The van der Waals surface area contributed by atoms with E-state index in [0.717, 1.165) is 12.0 Å². The van der Waals surface area contributed by atoms with Crippen molar-refractivity contribution in [1.82, 2.24) is 10.6 Å². The topological polar surface area (TPSA) is 61.4 Å². The summed E-state index contributed by atoms with van der Waals surface area (Å²) in [6, 6.07) is 8.09. The zero-order chi connectivity index (χ0) is 15.9. The molecule has 1 aromatic rings. The molecule has 0 bridgehead atoms. The van der Waals surface area contributed by atoms with E-state index in [4.69, 9.17) is 5.11 Å². The first-order valence-corrected chi connectivity index (χ1v) is 7.60. The van der Waals surface area contributed by atoms with Gasteiger partial charge in [0, 0.05) is 13.2 Å². The first kappa shape index (κ1) is 17.5. The van der Waals surface area contributed by atoms with E-state index in [1.807, 2.05) is 20.8 Å². The number of nitrogens with one attached hydrogen (secondary N) is 2. The Bertz CT molecular complexity index is 441. The zero-order valence-electron chi connectivity index (χ0n) is 13.6. The van der Waals surface area contributed by atoms with Gasteiger partial charge in [0.25, 0.3) is 0 Å². The quantitative estimate of drug-likeness (QED) is 0.723. The van der Waals surface area contributed by atoms with Crippen LogP contribution >= 0.6 is 0 Å². The average Bonchev–Trinajstić information content (AvgIpc) is 2.44. The van der Waals surface area contributed by atoms with Gasteiger partial charge < -0.3 is 15.7 Å². The largest absolute Gasteiger partial charge is 0.396 e. The Balaban J connectivity index is 2.53. The molecule has 0 heterocycles. The number of carbonyl (C=O) groups excluding carboxylic acids is 1. The van der Waals surface area contributed by atoms with E-state index in [9.17, 15) is 4.79 Å². The number of aliphatic hydroxyl groups excluding tert-OH is 1. The van der Waals surface area contributed by atoms with Crippen LogP contribution in [0.3, 0.4) is 0 Å². The number of urea groups is 1. The molecular weight excluding hydrogens is 264 g/mol. The van der Waals surface area contributed by atoms with Crippen molar-refractivity contribution in [2.75, 3.05) is 13.2 Å². The van der Waals surface area contributed by atoms with Crippen LogP contribution in [-0.2, 0) is 0 Å². The van der Waals surface area contributed by atoms with Crippen LogP contribution in [0.2, 0.25) is 0 Å². The summed E-state index contributed by atoms with van der Waals surface area (Å²) in [6.45, 7) is 8.84. The molecule has 4 nitrogen and oxygen atoms in total. The lowest BCUT2D eigenvalue weighted by Gasteiger charge is -2.25. The van der Waals surface area contributed by atoms with E-state index < -0.39 is 0 Å². The standard InChI is InChI=1S/C17H28N2O2/c1-5-15(14-8-6-13(2)7-9-14)19-16(21)18-12-17(3,4)10-11-20/h6-9,15,20H,5,10-12H2,1-4H3,(H2,18,19,21). The molecule has 21 heavy (non-hydrogen) atoms. The maximum absolute atomic E-state index is 12.0. The Kier molecular flexibility index (Phi) is 6.69. The SMILES string of the molecule is CCC(NC(=O)NCC(C)(C)CCO)c1ccc(C)cc1. The smallest absolute Gasteiger partial charge is 0.315 e. The van der Waals surface area contributed by atoms with Crippen LogP contribution in [0.5, 0.6) is 0 Å². The predicted octanol–water partition coefficient (Wildman–Crippen LogP) is 3.15. The summed E-state index contributed by atoms with van der Waals surface area (Å²) in [7, 11) is 0. The highest BCUT2D eigenvalue weighted by Crippen LogP contribution is 2.19. The molecular formula is C17H28N2O2. The van der Waals surface area contributed by atoms with Gasteiger partial charge in [-0.05, 0) is 30.7 Å². The van der Waals surface area contributed by atoms with E-state index >= 15 is 0 Å². The van der Waals surface area contributed by atoms with Gasteiger partial charge in [0.2, 0.25) is 0 Å². The molecule has 0 saturated carbocycles. The lowest BCUT2D eigenvalue weighted by atomic mass is 9.90. The monoisotopic (exact) mass is 292 g/mol. The molecule has 0 aromatic heterocycles. The molecule has 0 aliphatic rings. The van der Waals surface area contributed by atoms with Crippen LogP contribution in [0.1, 0.15) is 50.8 Å². The number of rotatable bonds is 7. The van der Waals surface area contributed by atoms with Crippen molar-refractivity contribution in [3.8, 4) is 0 Å². The van der Waals surface area contributed by atoms with Gasteiger partial charge in [0.05, 0.1) is 6.04 Å². The van der Waals surface area contributed by atoms with Gasteiger partial charge in [-0.3, -0.25) is 0 Å². The van der Waals surface area contributed by atoms with Gasteiger partial charge in [-0.1, -0.05) is 50.6 Å². The highest BCUT2D eigenvalue weighted by Gasteiger charge is 2.19. The van der Waals surface area contributed by atoms with Gasteiger partial charge in [-0.2, -0.15) is 0 Å². The third kappa shape index (κ3) is 6.17. The first-order chi connectivity index (χ1) is 9.88. The second kappa shape index (κ2) is 8.03. The van der Waals surface area contributed by atoms with E-state index in [-0.39, 0.29) is 24.1 Å². The molecule has 1 atom stereocenters. The van der Waals surface area contributed by atoms with Crippen molar-refractivity contribution >= 4 is 6.03 Å². The number of benzene rings is 1. The minimum Gasteiger partial charge on any atom is -0.396 e. The van der Waals surface area contributed by atoms with Crippen LogP contribution in [0.25, 0.3) is 0 Å². The minimum atomic E-state index is -0.159. The number of hydrogen-bond donors (Lipinski definition) is 3. The van der Waals surface area contributed by atoms with Crippen LogP contribution in [0.4, 0.5) is 4.79 Å². The Labute approximate surface area is 128 Å². The molecule has 1 aromatic carbocycles. The minimum absolute atomic E-state index is 0.0200. The van der Waals surface area contributed by atoms with Crippen LogP contribution in [0, 0.1) is 12.3 Å². The third-order valence-electron chi connectivity index (χ3n) is 3.71. The molecule has 0 aliphatic carbocycles. The molecule has 2 amide bonds. The molecule has 0 saturated heterocycles. The summed E-state index contributed by atoms with van der Waals surface area (Å²) in [5, 5.41) is 14.9. The van der Waals surface area contributed by atoms with E-state index in [1.165, 1.54) is 5.56 Å². The molecule has 0 fully saturated rings. The van der Waals surface area contributed by atoms with Gasteiger partial charge in [-0.25, -0.2) is 4.79 Å². The van der Waals surface area contributed by atoms with Gasteiger partial charge in [0.1, 0.15) is 0 Å². The fourth-order valence-corrected chi connectivity index (χ4v) is 2.14. The van der Waals surface area contributed by atoms with E-state index in [1.54, 1.807) is 0 Å². The molecule has 1 unspecified atom stereocenters. The normalized spacial score (nSPS) is 12.8. The Hall–Kier alpha value is -1.55. The summed E-state index contributed by atoms with van der Waals surface area (Å²) in [5.41, 5.74) is 2.23. The molecule has 4 heteroatoms. The second-order valence-electron chi connectivity index (χ2n) is 6.34. The Morgan fingerprint density at radius 1 is 1.29 bits per heavy atom. The summed E-state index contributed by atoms with van der Waals surface area (Å²) >= 11 is 0. The molecule has 0 spiro atoms. The maximum atomic E-state index is 12.0. The van der Waals surface area contributed by atoms with Crippen molar-refractivity contribution in [2.45, 2.75) is 46.6 Å². The number of carbonyl (C=O) groups is 1. The lowest BCUT2D eigenvalue weighted by molar-refractivity contribution is 0.200. The first-order valence-electron chi connectivity index (χ1n) is 7.60. The van der Waals surface area contributed by atoms with Crippen molar-refractivity contribution in [1.29, 1.82) is 0 Å². The number of aliphatic hydroxyl groups is 1. The van der Waals surface area contributed by atoms with Crippen LogP contribution in [-0.4, -0.2) is 24.3 Å². The van der Waals surface area contributed by atoms with E-state index in [2.05, 4.69) is 41.8 Å². The molecule has 0 aliphatic heterocycles. The summed E-state index contributed by atoms with van der Waals surface area (Å²) in [5.74, 6) is 0. The number of aryl methyl sites for hydroxylation is 1. The summed E-state index contributed by atoms with van der Waals surface area (Å²) in [4.78, 5) is 12.0. The second-order valence-corrected chi connectivity index (χ2v) is 6.34. The van der Waals surface area contributed by atoms with Gasteiger partial charge >= 0.3 is 6.03 Å². The van der Waals surface area contributed by atoms with Crippen molar-refractivity contribution in [3.63, 3.8) is 0 Å².